The zero-order valence-corrected chi connectivity index (χ0v) is 17.2. The number of hydrogen-bond acceptors (Lipinski definition) is 0. The van der Waals surface area contributed by atoms with Crippen molar-refractivity contribution >= 4 is 95.6 Å². The van der Waals surface area contributed by atoms with Crippen LogP contribution in [0.4, 0.5) is 0 Å². The molecule has 0 saturated heterocycles. The Hall–Kier alpha value is 2.10. The second kappa shape index (κ2) is 5.61. The van der Waals surface area contributed by atoms with Crippen LogP contribution in [-0.4, -0.2) is 9.65 Å². The van der Waals surface area contributed by atoms with Gasteiger partial charge in [-0.15, -0.1) is 0 Å². The zero-order valence-electron chi connectivity index (χ0n) is 7.73. The Morgan fingerprint density at radius 2 is 1.00 bits per heavy atom. The molecule has 0 unspecified atom stereocenters. The first kappa shape index (κ1) is 14.5. The lowest BCUT2D eigenvalue weighted by Gasteiger charge is -2.35. The molecule has 0 heterocycles. The van der Waals surface area contributed by atoms with E-state index < -0.39 is 0 Å². The molecule has 0 radical (unpaired) electrons. The summed E-state index contributed by atoms with van der Waals surface area (Å²) < 4.78 is 2.28. The third-order valence-corrected chi connectivity index (χ3v) is 10.4. The summed E-state index contributed by atoms with van der Waals surface area (Å²) in [6.07, 6.45) is 0. The molecule has 1 aromatic rings. The summed E-state index contributed by atoms with van der Waals surface area (Å²) in [6, 6.07) is 4.15. The zero-order chi connectivity index (χ0) is 12.0. The Balaban J connectivity index is 2.67. The van der Waals surface area contributed by atoms with Crippen LogP contribution in [0, 0.1) is 0 Å². The quantitative estimate of drug-likeness (QED) is 0.292. The number of alkyl halides is 4. The van der Waals surface area contributed by atoms with Crippen molar-refractivity contribution in [2.75, 3.05) is 0 Å². The molecule has 1 aromatic carbocycles. The van der Waals surface area contributed by atoms with Gasteiger partial charge < -0.3 is 0 Å². The highest BCUT2D eigenvalue weighted by atomic mass is 79.9. The minimum Gasteiger partial charge on any atom is -0.0862 e. The molecule has 0 N–H and O–H groups in total. The number of benzene rings is 1. The van der Waals surface area contributed by atoms with E-state index >= 15 is 0 Å². The Morgan fingerprint density at radius 3 is 1.31 bits per heavy atom. The average Bonchev–Trinajstić information content (AvgIpc) is 2.26. The van der Waals surface area contributed by atoms with E-state index in [1.54, 1.807) is 0 Å². The Labute approximate surface area is 145 Å². The molecule has 0 amide bonds. The molecule has 88 valence electrons. The maximum atomic E-state index is 3.76. The highest BCUT2D eigenvalue weighted by molar-refractivity contribution is 9.14. The van der Waals surface area contributed by atoms with Crippen LogP contribution in [0.3, 0.4) is 0 Å². The van der Waals surface area contributed by atoms with Crippen molar-refractivity contribution in [3.8, 4) is 0 Å². The van der Waals surface area contributed by atoms with Crippen LogP contribution in [0.1, 0.15) is 20.8 Å². The van der Waals surface area contributed by atoms with Gasteiger partial charge in [0.25, 0.3) is 0 Å². The Bertz CT molecular complexity index is 379. The van der Waals surface area contributed by atoms with Crippen LogP contribution in [0.25, 0.3) is 0 Å². The van der Waals surface area contributed by atoms with Gasteiger partial charge in [-0.2, -0.15) is 0 Å². The van der Waals surface area contributed by atoms with Crippen molar-refractivity contribution < 1.29 is 0 Å². The number of hydrogen-bond donors (Lipinski definition) is 0. The molecule has 16 heavy (non-hydrogen) atoms. The topological polar surface area (TPSA) is 0 Å². The van der Waals surface area contributed by atoms with Crippen LogP contribution in [-0.2, 0) is 0 Å². The maximum Gasteiger partial charge on any atom is 0.0546 e. The van der Waals surface area contributed by atoms with E-state index in [1.165, 1.54) is 11.1 Å². The summed E-state index contributed by atoms with van der Waals surface area (Å²) in [6.45, 7) is 0. The van der Waals surface area contributed by atoms with Crippen molar-refractivity contribution in [3.05, 3.63) is 32.2 Å². The van der Waals surface area contributed by atoms with Gasteiger partial charge in [0.15, 0.2) is 0 Å². The molecule has 1 aliphatic rings. The van der Waals surface area contributed by atoms with Gasteiger partial charge in [-0.3, -0.25) is 0 Å². The smallest absolute Gasteiger partial charge is 0.0546 e. The van der Waals surface area contributed by atoms with Crippen LogP contribution >= 0.6 is 95.6 Å². The minimum absolute atomic E-state index is 0.285. The summed E-state index contributed by atoms with van der Waals surface area (Å²) in [4.78, 5) is 1.25. The van der Waals surface area contributed by atoms with E-state index in [9.17, 15) is 0 Å². The molecular weight excluding hydrogens is 600 g/mol. The lowest BCUT2D eigenvalue weighted by molar-refractivity contribution is 0.722. The maximum absolute atomic E-state index is 3.76. The SMILES string of the molecule is Brc1ccc(Br)c2c1[C@@H](Br)[C@@H](Br)[C@H](Br)[C@H]2Br. The van der Waals surface area contributed by atoms with Crippen LogP contribution in [0.5, 0.6) is 0 Å². The van der Waals surface area contributed by atoms with Gasteiger partial charge in [-0.05, 0) is 23.3 Å². The first-order chi connectivity index (χ1) is 7.45. The van der Waals surface area contributed by atoms with Gasteiger partial charge >= 0.3 is 0 Å². The van der Waals surface area contributed by atoms with Crippen molar-refractivity contribution in [2.24, 2.45) is 0 Å². The minimum atomic E-state index is 0.285. The van der Waals surface area contributed by atoms with Gasteiger partial charge in [-0.25, -0.2) is 0 Å². The summed E-state index contributed by atoms with van der Waals surface area (Å²) in [7, 11) is 0. The third kappa shape index (κ3) is 2.40. The Morgan fingerprint density at radius 1 is 0.688 bits per heavy atom. The van der Waals surface area contributed by atoms with Crippen molar-refractivity contribution in [1.82, 2.24) is 0 Å². The largest absolute Gasteiger partial charge is 0.0862 e. The van der Waals surface area contributed by atoms with E-state index in [-0.39, 0.29) is 9.65 Å². The first-order valence-corrected chi connectivity index (χ1v) is 9.74. The molecule has 0 saturated carbocycles. The summed E-state index contributed by atoms with van der Waals surface area (Å²) in [5.41, 5.74) is 2.60. The van der Waals surface area contributed by atoms with Crippen molar-refractivity contribution in [3.63, 3.8) is 0 Å². The molecular formula is C10H6Br6. The van der Waals surface area contributed by atoms with Gasteiger partial charge in [-0.1, -0.05) is 95.6 Å². The molecule has 6 heteroatoms. The lowest BCUT2D eigenvalue weighted by Crippen LogP contribution is -2.30. The predicted molar refractivity (Wildman–Crippen MR) is 90.6 cm³/mol. The highest BCUT2D eigenvalue weighted by Gasteiger charge is 2.40. The van der Waals surface area contributed by atoms with Crippen LogP contribution in [0.2, 0.25) is 0 Å². The van der Waals surface area contributed by atoms with Gasteiger partial charge in [0.1, 0.15) is 0 Å². The summed E-state index contributed by atoms with van der Waals surface area (Å²) >= 11 is 22.2. The monoisotopic (exact) mass is 600 g/mol. The molecule has 0 bridgehead atoms. The van der Waals surface area contributed by atoms with Crippen LogP contribution < -0.4 is 0 Å². The number of fused-ring (bicyclic) bond motifs is 1. The van der Waals surface area contributed by atoms with Gasteiger partial charge in [0.2, 0.25) is 0 Å². The molecule has 4 atom stereocenters. The molecule has 0 aliphatic heterocycles. The normalized spacial score (nSPS) is 33.6. The van der Waals surface area contributed by atoms with E-state index in [1.807, 2.05) is 0 Å². The van der Waals surface area contributed by atoms with Gasteiger partial charge in [0, 0.05) is 18.6 Å². The number of rotatable bonds is 0. The average molecular weight is 606 g/mol. The predicted octanol–water partition coefficient (Wildman–Crippen LogP) is 6.62. The fourth-order valence-corrected chi connectivity index (χ4v) is 7.19. The first-order valence-electron chi connectivity index (χ1n) is 4.49. The van der Waals surface area contributed by atoms with E-state index in [2.05, 4.69) is 108 Å². The Kier molecular flexibility index (Phi) is 5.09. The second-order valence-electron chi connectivity index (χ2n) is 3.55. The molecule has 0 nitrogen and oxygen atoms in total. The highest BCUT2D eigenvalue weighted by Crippen LogP contribution is 2.54. The fraction of sp³-hybridized carbons (Fsp3) is 0.400. The fourth-order valence-electron chi connectivity index (χ4n) is 1.79. The van der Waals surface area contributed by atoms with Gasteiger partial charge in [0.05, 0.1) is 9.65 Å². The standard InChI is InChI=1S/C10H6Br6/c11-3-1-2-4(12)6-5(3)7(13)9(15)10(16)8(6)14/h1-2,7-10H/t7-,8+,9-,10-/m1/s1. The number of halogens is 6. The van der Waals surface area contributed by atoms with Crippen molar-refractivity contribution in [2.45, 2.75) is 19.3 Å². The molecule has 1 aliphatic carbocycles. The molecule has 0 spiro atoms. The lowest BCUT2D eigenvalue weighted by atomic mass is 9.91. The molecule has 0 aromatic heterocycles. The third-order valence-electron chi connectivity index (χ3n) is 2.60. The van der Waals surface area contributed by atoms with Crippen molar-refractivity contribution in [1.29, 1.82) is 0 Å². The summed E-state index contributed by atoms with van der Waals surface area (Å²) in [5, 5.41) is 0. The van der Waals surface area contributed by atoms with Crippen LogP contribution in [0.15, 0.2) is 21.1 Å². The van der Waals surface area contributed by atoms with E-state index in [4.69, 9.17) is 0 Å². The summed E-state index contributed by atoms with van der Waals surface area (Å²) in [5.74, 6) is 0. The molecule has 0 fully saturated rings. The second-order valence-corrected chi connectivity index (χ2v) is 9.35. The van der Waals surface area contributed by atoms with E-state index in [0.29, 0.717) is 9.65 Å². The van der Waals surface area contributed by atoms with E-state index in [0.717, 1.165) is 8.95 Å². The molecule has 2 rings (SSSR count).